The number of hydrogen-bond acceptors (Lipinski definition) is 3. The SMILES string of the molecule is CP(C)(C)(C)OB(O)OCCCC(c1ccccc1)(c1ccccc1)c1ccccc1. The summed E-state index contributed by atoms with van der Waals surface area (Å²) in [6, 6.07) is 31.9. The van der Waals surface area contributed by atoms with Gasteiger partial charge in [-0.15, -0.1) is 0 Å². The summed E-state index contributed by atoms with van der Waals surface area (Å²) in [7, 11) is -1.19. The third kappa shape index (κ3) is 6.51. The van der Waals surface area contributed by atoms with E-state index in [0.717, 1.165) is 12.8 Å². The molecule has 0 aliphatic carbocycles. The molecule has 0 spiro atoms. The monoisotopic (exact) mass is 436 g/mol. The number of rotatable bonds is 10. The van der Waals surface area contributed by atoms with Gasteiger partial charge in [-0.25, -0.2) is 0 Å². The van der Waals surface area contributed by atoms with Gasteiger partial charge in [0.25, 0.3) is 0 Å². The van der Waals surface area contributed by atoms with E-state index in [1.807, 2.05) is 26.7 Å². The predicted octanol–water partition coefficient (Wildman–Crippen LogP) is 5.80. The Hall–Kier alpha value is -1.97. The molecule has 0 unspecified atom stereocenters. The van der Waals surface area contributed by atoms with Gasteiger partial charge in [0.05, 0.1) is 0 Å². The summed E-state index contributed by atoms with van der Waals surface area (Å²) in [5, 5.41) is 10.2. The van der Waals surface area contributed by atoms with Gasteiger partial charge in [0.15, 0.2) is 0 Å². The van der Waals surface area contributed by atoms with Crippen LogP contribution in [0.3, 0.4) is 0 Å². The van der Waals surface area contributed by atoms with Gasteiger partial charge in [0, 0.05) is 0 Å². The van der Waals surface area contributed by atoms with E-state index in [0.29, 0.717) is 6.61 Å². The van der Waals surface area contributed by atoms with E-state index in [4.69, 9.17) is 9.10 Å². The van der Waals surface area contributed by atoms with Crippen LogP contribution in [-0.4, -0.2) is 45.6 Å². The van der Waals surface area contributed by atoms with Gasteiger partial charge in [0.2, 0.25) is 0 Å². The molecule has 3 aromatic rings. The zero-order valence-corrected chi connectivity index (χ0v) is 20.0. The topological polar surface area (TPSA) is 38.7 Å². The van der Waals surface area contributed by atoms with Crippen LogP contribution in [0.5, 0.6) is 0 Å². The van der Waals surface area contributed by atoms with Gasteiger partial charge in [-0.3, -0.25) is 0 Å². The van der Waals surface area contributed by atoms with Crippen molar-refractivity contribution in [2.75, 3.05) is 33.3 Å². The van der Waals surface area contributed by atoms with E-state index in [-0.39, 0.29) is 5.41 Å². The molecule has 5 heteroatoms. The van der Waals surface area contributed by atoms with Crippen molar-refractivity contribution in [3.05, 3.63) is 108 Å². The summed E-state index contributed by atoms with van der Waals surface area (Å²) in [4.78, 5) is 0. The van der Waals surface area contributed by atoms with Crippen LogP contribution in [0.25, 0.3) is 0 Å². The first-order valence-electron chi connectivity index (χ1n) is 10.8. The van der Waals surface area contributed by atoms with Gasteiger partial charge in [0.1, 0.15) is 0 Å². The molecular weight excluding hydrogens is 402 g/mol. The maximum atomic E-state index is 10.2. The Morgan fingerprint density at radius 1 is 0.710 bits per heavy atom. The normalized spacial score (nSPS) is 13.4. The van der Waals surface area contributed by atoms with Crippen LogP contribution in [-0.2, 0) is 14.5 Å². The Kier molecular flexibility index (Phi) is 7.39. The van der Waals surface area contributed by atoms with Crippen molar-refractivity contribution in [1.82, 2.24) is 0 Å². The first-order valence-corrected chi connectivity index (χ1v) is 14.8. The molecule has 0 radical (unpaired) electrons. The fraction of sp³-hybridized carbons (Fsp3) is 0.308. The molecule has 0 bridgehead atoms. The number of hydrogen-bond donors (Lipinski definition) is 1. The van der Waals surface area contributed by atoms with Crippen LogP contribution in [0, 0.1) is 0 Å². The van der Waals surface area contributed by atoms with Gasteiger partial charge in [-0.2, -0.15) is 0 Å². The minimum absolute atomic E-state index is 0.302. The first kappa shape index (κ1) is 23.7. The summed E-state index contributed by atoms with van der Waals surface area (Å²) in [6.45, 7) is 6.28. The molecular formula is C26H34BO3P. The van der Waals surface area contributed by atoms with E-state index in [2.05, 4.69) is 91.0 Å². The average Bonchev–Trinajstić information content (AvgIpc) is 2.74. The van der Waals surface area contributed by atoms with Crippen molar-refractivity contribution in [1.29, 1.82) is 0 Å². The third-order valence-corrected chi connectivity index (χ3v) is 6.29. The molecule has 0 aliphatic heterocycles. The Morgan fingerprint density at radius 2 is 1.10 bits per heavy atom. The zero-order chi connectivity index (χ0) is 22.4. The van der Waals surface area contributed by atoms with Crippen LogP contribution in [0.4, 0.5) is 0 Å². The van der Waals surface area contributed by atoms with Crippen LogP contribution < -0.4 is 0 Å². The van der Waals surface area contributed by atoms with Crippen LogP contribution in [0.15, 0.2) is 91.0 Å². The Balaban J connectivity index is 1.88. The molecule has 0 aliphatic rings. The Morgan fingerprint density at radius 3 is 1.45 bits per heavy atom. The van der Waals surface area contributed by atoms with Crippen LogP contribution >= 0.6 is 6.83 Å². The second kappa shape index (κ2) is 9.67. The van der Waals surface area contributed by atoms with Crippen molar-refractivity contribution in [3.63, 3.8) is 0 Å². The van der Waals surface area contributed by atoms with Crippen molar-refractivity contribution < 1.29 is 14.1 Å². The zero-order valence-electron chi connectivity index (χ0n) is 19.1. The number of benzene rings is 3. The van der Waals surface area contributed by atoms with E-state index < -0.39 is 14.2 Å². The molecule has 0 saturated heterocycles. The van der Waals surface area contributed by atoms with Gasteiger partial charge in [-0.1, -0.05) is 0 Å². The fourth-order valence-electron chi connectivity index (χ4n) is 4.01. The molecule has 1 N–H and O–H groups in total. The summed E-state index contributed by atoms with van der Waals surface area (Å²) in [6.07, 6.45) is 1.62. The third-order valence-electron chi connectivity index (χ3n) is 5.27. The van der Waals surface area contributed by atoms with Gasteiger partial charge < -0.3 is 0 Å². The molecule has 3 aromatic carbocycles. The summed E-state index contributed by atoms with van der Waals surface area (Å²) >= 11 is 0. The van der Waals surface area contributed by atoms with E-state index in [9.17, 15) is 5.02 Å². The van der Waals surface area contributed by atoms with Crippen LogP contribution in [0.2, 0.25) is 0 Å². The second-order valence-corrected chi connectivity index (χ2v) is 16.8. The molecule has 0 fully saturated rings. The van der Waals surface area contributed by atoms with Crippen molar-refractivity contribution in [3.8, 4) is 0 Å². The first-order chi connectivity index (χ1) is 14.7. The van der Waals surface area contributed by atoms with Crippen molar-refractivity contribution >= 4 is 14.2 Å². The Bertz CT molecular complexity index is 834. The average molecular weight is 436 g/mol. The maximum absolute atomic E-state index is 10.2. The van der Waals surface area contributed by atoms with Crippen molar-refractivity contribution in [2.45, 2.75) is 18.3 Å². The molecule has 0 atom stereocenters. The predicted molar refractivity (Wildman–Crippen MR) is 134 cm³/mol. The molecule has 3 rings (SSSR count). The summed E-state index contributed by atoms with van der Waals surface area (Å²) in [5.74, 6) is 0. The summed E-state index contributed by atoms with van der Waals surface area (Å²) in [5.41, 5.74) is 3.44. The molecule has 0 amide bonds. The molecule has 0 aromatic heterocycles. The molecule has 3 nitrogen and oxygen atoms in total. The van der Waals surface area contributed by atoms with E-state index >= 15 is 0 Å². The van der Waals surface area contributed by atoms with E-state index in [1.54, 1.807) is 0 Å². The summed E-state index contributed by atoms with van der Waals surface area (Å²) < 4.78 is 11.4. The standard InChI is InChI=1S/C26H34BO3P/c1-31(2,3,4)30-27(28)29-22-14-21-26(23-15-8-5-9-16-23,24-17-10-6-11-18-24)25-19-12-7-13-20-25/h5-13,15-20,28H,14,21-22H2,1-4H3. The molecule has 0 saturated carbocycles. The van der Waals surface area contributed by atoms with Crippen molar-refractivity contribution in [2.24, 2.45) is 0 Å². The molecule has 164 valence electrons. The molecule has 0 heterocycles. The molecule has 31 heavy (non-hydrogen) atoms. The minimum atomic E-state index is -2.31. The van der Waals surface area contributed by atoms with Crippen LogP contribution in [0.1, 0.15) is 29.5 Å². The fourth-order valence-corrected chi connectivity index (χ4v) is 4.80. The van der Waals surface area contributed by atoms with Gasteiger partial charge in [-0.05, 0) is 0 Å². The van der Waals surface area contributed by atoms with Gasteiger partial charge >= 0.3 is 187 Å². The van der Waals surface area contributed by atoms with E-state index in [1.165, 1.54) is 16.7 Å². The quantitative estimate of drug-likeness (QED) is 0.189. The second-order valence-electron chi connectivity index (χ2n) is 9.80. The Labute approximate surface area is 187 Å².